The Balaban J connectivity index is 1.34. The lowest BCUT2D eigenvalue weighted by molar-refractivity contribution is 0.0979. The quantitative estimate of drug-likeness (QED) is 0.133. The molecule has 2 N–H and O–H groups in total. The second kappa shape index (κ2) is 16.8. The number of imidazole rings is 1. The molecule has 60 heavy (non-hydrogen) atoms. The lowest BCUT2D eigenvalue weighted by atomic mass is 9.90. The highest BCUT2D eigenvalue weighted by molar-refractivity contribution is 6.15. The van der Waals surface area contributed by atoms with Crippen LogP contribution in [0.5, 0.6) is 5.75 Å². The second-order valence-corrected chi connectivity index (χ2v) is 15.1. The number of aromatic nitrogens is 6. The van der Waals surface area contributed by atoms with Crippen molar-refractivity contribution in [1.29, 1.82) is 0 Å². The van der Waals surface area contributed by atoms with Gasteiger partial charge in [-0.25, -0.2) is 4.39 Å². The van der Waals surface area contributed by atoms with Gasteiger partial charge < -0.3 is 24.5 Å². The van der Waals surface area contributed by atoms with Crippen LogP contribution in [0.2, 0.25) is 0 Å². The fourth-order valence-electron chi connectivity index (χ4n) is 7.85. The number of ether oxygens (including phenoxy) is 1. The lowest BCUT2D eigenvalue weighted by Crippen LogP contribution is -2.28. The van der Waals surface area contributed by atoms with Crippen molar-refractivity contribution in [3.8, 4) is 5.75 Å². The number of aliphatic imine (C=N–C) groups is 1. The highest BCUT2D eigenvalue weighted by atomic mass is 19.1. The summed E-state index contributed by atoms with van der Waals surface area (Å²) in [7, 11) is 3.67. The summed E-state index contributed by atoms with van der Waals surface area (Å²) >= 11 is 0. The van der Waals surface area contributed by atoms with E-state index in [1.807, 2.05) is 82.0 Å². The van der Waals surface area contributed by atoms with Crippen LogP contribution in [0.4, 0.5) is 10.1 Å². The maximum Gasteiger partial charge on any atom is 0.298 e. The smallest absolute Gasteiger partial charge is 0.298 e. The number of hydrogen-bond acceptors (Lipinski definition) is 6. The van der Waals surface area contributed by atoms with Crippen LogP contribution in [0.15, 0.2) is 93.9 Å². The van der Waals surface area contributed by atoms with Crippen molar-refractivity contribution in [2.24, 2.45) is 22.8 Å². The maximum absolute atomic E-state index is 14.8. The summed E-state index contributed by atoms with van der Waals surface area (Å²) < 4.78 is 28.4. The number of amides is 3. The number of halogens is 1. The van der Waals surface area contributed by atoms with Crippen LogP contribution in [0, 0.1) is 19.7 Å². The first-order valence-electron chi connectivity index (χ1n) is 19.9. The van der Waals surface area contributed by atoms with Gasteiger partial charge in [-0.1, -0.05) is 41.5 Å². The Morgan fingerprint density at radius 2 is 1.42 bits per heavy atom. The molecule has 6 aromatic rings. The van der Waals surface area contributed by atoms with Gasteiger partial charge in [0.2, 0.25) is 11.5 Å². The van der Waals surface area contributed by atoms with Gasteiger partial charge in [-0.2, -0.15) is 20.2 Å². The van der Waals surface area contributed by atoms with E-state index in [-0.39, 0.29) is 12.2 Å². The number of anilines is 1. The van der Waals surface area contributed by atoms with Crippen LogP contribution >= 0.6 is 0 Å². The number of aryl methyl sites for hydroxylation is 5. The first-order valence-corrected chi connectivity index (χ1v) is 19.9. The summed E-state index contributed by atoms with van der Waals surface area (Å²) in [5, 5.41) is 8.91. The van der Waals surface area contributed by atoms with Crippen molar-refractivity contribution in [1.82, 2.24) is 28.7 Å². The molecule has 4 heterocycles. The number of carbonyl (C=O) groups excluding carboxylic acids is 3. The van der Waals surface area contributed by atoms with Crippen LogP contribution in [0.3, 0.4) is 0 Å². The van der Waals surface area contributed by atoms with Gasteiger partial charge in [0.15, 0.2) is 0 Å². The number of likely N-dealkylation sites (N-methyl/N-ethyl adjacent to an activating group) is 1. The van der Waals surface area contributed by atoms with E-state index in [9.17, 15) is 18.8 Å². The van der Waals surface area contributed by atoms with Gasteiger partial charge in [-0.15, -0.1) is 0 Å². The minimum Gasteiger partial charge on any atom is -0.488 e. The maximum atomic E-state index is 14.8. The molecule has 0 fully saturated rings. The third-order valence-corrected chi connectivity index (χ3v) is 11.1. The molecule has 1 atom stereocenters. The Morgan fingerprint density at radius 3 is 2.03 bits per heavy atom. The van der Waals surface area contributed by atoms with Gasteiger partial charge in [-0.05, 0) is 90.4 Å². The Hall–Kier alpha value is -6.90. The van der Waals surface area contributed by atoms with Crippen molar-refractivity contribution < 1.29 is 23.5 Å². The first-order chi connectivity index (χ1) is 28.7. The monoisotopic (exact) mass is 812 g/mol. The molecule has 15 heteroatoms. The third kappa shape index (κ3) is 7.82. The van der Waals surface area contributed by atoms with E-state index in [1.165, 1.54) is 6.07 Å². The number of allylic oxidation sites excluding steroid dienone is 2. The van der Waals surface area contributed by atoms with Crippen molar-refractivity contribution in [2.45, 2.75) is 80.1 Å². The molecule has 7 rings (SSSR count). The van der Waals surface area contributed by atoms with E-state index in [2.05, 4.69) is 15.2 Å². The van der Waals surface area contributed by atoms with Crippen LogP contribution in [0.25, 0.3) is 11.0 Å². The van der Waals surface area contributed by atoms with E-state index >= 15 is 0 Å². The van der Waals surface area contributed by atoms with Gasteiger partial charge in [-0.3, -0.25) is 23.7 Å². The molecule has 3 aromatic carbocycles. The standard InChI is InChI=1S/C45H49FN10O4/c1-9-55-37(20-28(5)50-55)43(58)48-42-32(40-36(52(42)7)22-31(41(47)57)23-39(40)60-25-30-15-11-12-16-33(30)46)19-26(3)27(4)24-54-35-18-14-13-17-34(35)53(8)45(54)49-44(59)38-21-29(6)51-56(38)10-2/h11-18,20-23,32H,9-10,19,24-25H2,1-8H3,(H2,47,57)/b27-26+,48-42-,49-45+. The van der Waals surface area contributed by atoms with Gasteiger partial charge in [0.1, 0.15) is 35.4 Å². The summed E-state index contributed by atoms with van der Waals surface area (Å²) in [5.41, 5.74) is 14.0. The molecule has 14 nitrogen and oxygen atoms in total. The van der Waals surface area contributed by atoms with E-state index in [0.29, 0.717) is 77.2 Å². The fourth-order valence-corrected chi connectivity index (χ4v) is 7.85. The number of rotatable bonds is 12. The normalized spacial score (nSPS) is 15.2. The number of amidine groups is 1. The van der Waals surface area contributed by atoms with Crippen molar-refractivity contribution in [2.75, 3.05) is 11.9 Å². The second-order valence-electron chi connectivity index (χ2n) is 15.1. The molecule has 1 unspecified atom stereocenters. The molecule has 0 spiro atoms. The molecule has 3 amide bonds. The third-order valence-electron chi connectivity index (χ3n) is 11.1. The average molecular weight is 813 g/mol. The van der Waals surface area contributed by atoms with Crippen molar-refractivity contribution in [3.63, 3.8) is 0 Å². The molecule has 0 saturated heterocycles. The van der Waals surface area contributed by atoms with Gasteiger partial charge >= 0.3 is 0 Å². The van der Waals surface area contributed by atoms with E-state index in [1.54, 1.807) is 63.8 Å². The number of nitrogens with two attached hydrogens (primary N) is 1. The van der Waals surface area contributed by atoms with E-state index in [0.717, 1.165) is 27.9 Å². The molecule has 310 valence electrons. The van der Waals surface area contributed by atoms with Gasteiger partial charge in [0, 0.05) is 50.4 Å². The molecule has 1 aliphatic heterocycles. The lowest BCUT2D eigenvalue weighted by Gasteiger charge is -2.19. The Kier molecular flexibility index (Phi) is 11.5. The number of benzene rings is 3. The molecule has 1 aliphatic rings. The molecule has 3 aromatic heterocycles. The van der Waals surface area contributed by atoms with Gasteiger partial charge in [0.05, 0.1) is 34.0 Å². The predicted octanol–water partition coefficient (Wildman–Crippen LogP) is 6.79. The largest absolute Gasteiger partial charge is 0.488 e. The topological polar surface area (TPSA) is 160 Å². The molecular formula is C45H49FN10O4. The summed E-state index contributed by atoms with van der Waals surface area (Å²) in [6.07, 6.45) is 0.388. The highest BCUT2D eigenvalue weighted by Gasteiger charge is 2.38. The molecule has 0 aliphatic carbocycles. The van der Waals surface area contributed by atoms with Crippen LogP contribution in [-0.4, -0.2) is 59.3 Å². The summed E-state index contributed by atoms with van der Waals surface area (Å²) in [6, 6.07) is 20.9. The number of para-hydroxylation sites is 2. The number of hydrogen-bond donors (Lipinski definition) is 1. The zero-order valence-electron chi connectivity index (χ0n) is 35.2. The molecular weight excluding hydrogens is 764 g/mol. The summed E-state index contributed by atoms with van der Waals surface area (Å²) in [4.78, 5) is 51.6. The van der Waals surface area contributed by atoms with Crippen LogP contribution in [0.1, 0.15) is 93.9 Å². The fraction of sp³-hybridized carbons (Fsp3) is 0.311. The number of nitrogens with zero attached hydrogens (tertiary/aromatic N) is 9. The highest BCUT2D eigenvalue weighted by Crippen LogP contribution is 2.47. The van der Waals surface area contributed by atoms with Crippen LogP contribution in [-0.2, 0) is 33.3 Å². The molecule has 0 radical (unpaired) electrons. The van der Waals surface area contributed by atoms with E-state index < -0.39 is 29.5 Å². The SMILES string of the molecule is CCn1nc(C)cc1C(=O)/N=C1/C(C/C(C)=C(\C)Cn2/c(=N/C(=O)c3cc(C)nn3CC)n(C)c3ccccc32)c2c(OCc3ccccc3F)cc(C(N)=O)cc2N1C. The van der Waals surface area contributed by atoms with Crippen molar-refractivity contribution >= 4 is 40.3 Å². The Morgan fingerprint density at radius 1 is 0.817 bits per heavy atom. The van der Waals surface area contributed by atoms with E-state index in [4.69, 9.17) is 15.5 Å². The minimum absolute atomic E-state index is 0.118. The minimum atomic E-state index is -0.671. The first kappa shape index (κ1) is 41.3. The molecule has 0 bridgehead atoms. The average Bonchev–Trinajstić information content (AvgIpc) is 3.95. The summed E-state index contributed by atoms with van der Waals surface area (Å²) in [6.45, 7) is 12.8. The molecule has 0 saturated carbocycles. The summed E-state index contributed by atoms with van der Waals surface area (Å²) in [5.74, 6) is -1.75. The predicted molar refractivity (Wildman–Crippen MR) is 228 cm³/mol. The Bertz CT molecular complexity index is 2820. The zero-order valence-corrected chi connectivity index (χ0v) is 35.2. The number of primary amides is 1. The van der Waals surface area contributed by atoms with Crippen LogP contribution < -0.4 is 21.0 Å². The Labute approximate surface area is 347 Å². The number of fused-ring (bicyclic) bond motifs is 2. The number of carbonyl (C=O) groups is 3. The van der Waals surface area contributed by atoms with Gasteiger partial charge in [0.25, 0.3) is 11.8 Å². The zero-order chi connectivity index (χ0) is 43.0. The van der Waals surface area contributed by atoms with Crippen molar-refractivity contribution in [3.05, 3.63) is 135 Å².